The predicted octanol–water partition coefficient (Wildman–Crippen LogP) is 2.54. The van der Waals surface area contributed by atoms with E-state index in [-0.39, 0.29) is 19.0 Å². The first-order valence-electron chi connectivity index (χ1n) is 11.3. The van der Waals surface area contributed by atoms with E-state index >= 15 is 0 Å². The van der Waals surface area contributed by atoms with Crippen LogP contribution in [0.4, 0.5) is 0 Å². The summed E-state index contributed by atoms with van der Waals surface area (Å²) >= 11 is 1.25. The lowest BCUT2D eigenvalue weighted by molar-refractivity contribution is -0.139. The van der Waals surface area contributed by atoms with Crippen LogP contribution in [-0.4, -0.2) is 38.2 Å². The average Bonchev–Trinajstić information content (AvgIpc) is 3.46. The summed E-state index contributed by atoms with van der Waals surface area (Å²) in [5, 5.41) is 0. The largest absolute Gasteiger partial charge is 0.493 e. The number of nitrogens with zero attached hydrogens (tertiary/aromatic N) is 2. The third-order valence-corrected chi connectivity index (χ3v) is 6.92. The van der Waals surface area contributed by atoms with Gasteiger partial charge >= 0.3 is 5.97 Å². The van der Waals surface area contributed by atoms with E-state index in [1.54, 1.807) is 51.3 Å². The van der Waals surface area contributed by atoms with E-state index in [4.69, 9.17) is 23.7 Å². The topological polar surface area (TPSA) is 97.6 Å². The third kappa shape index (κ3) is 4.03. The summed E-state index contributed by atoms with van der Waals surface area (Å²) in [6.45, 7) is 3.85. The summed E-state index contributed by atoms with van der Waals surface area (Å²) in [6.07, 6.45) is 1.78. The van der Waals surface area contributed by atoms with Crippen LogP contribution in [0.5, 0.6) is 23.0 Å². The van der Waals surface area contributed by atoms with E-state index in [0.29, 0.717) is 49.2 Å². The Kier molecular flexibility index (Phi) is 6.27. The monoisotopic (exact) mass is 508 g/mol. The van der Waals surface area contributed by atoms with Crippen LogP contribution in [0.2, 0.25) is 0 Å². The van der Waals surface area contributed by atoms with E-state index < -0.39 is 12.0 Å². The van der Waals surface area contributed by atoms with Crippen LogP contribution in [0.25, 0.3) is 6.08 Å². The maximum atomic E-state index is 13.7. The van der Waals surface area contributed by atoms with Gasteiger partial charge in [0.25, 0.3) is 5.56 Å². The number of allylic oxidation sites excluding steroid dienone is 1. The molecule has 0 amide bonds. The molecule has 5 rings (SSSR count). The molecule has 2 aromatic carbocycles. The molecule has 9 nitrogen and oxygen atoms in total. The molecule has 0 spiro atoms. The molecule has 0 N–H and O–H groups in total. The molecule has 0 fully saturated rings. The van der Waals surface area contributed by atoms with Gasteiger partial charge in [-0.3, -0.25) is 9.36 Å². The van der Waals surface area contributed by atoms with Gasteiger partial charge in [-0.2, -0.15) is 0 Å². The minimum atomic E-state index is -0.751. The molecule has 186 valence electrons. The van der Waals surface area contributed by atoms with Gasteiger partial charge in [-0.25, -0.2) is 9.79 Å². The molecule has 1 atom stereocenters. The highest BCUT2D eigenvalue weighted by Gasteiger charge is 2.34. The molecular formula is C26H24N2O7S. The molecule has 36 heavy (non-hydrogen) atoms. The van der Waals surface area contributed by atoms with E-state index in [1.807, 2.05) is 12.1 Å². The van der Waals surface area contributed by atoms with E-state index in [2.05, 4.69) is 4.99 Å². The molecule has 0 saturated heterocycles. The van der Waals surface area contributed by atoms with Crippen molar-refractivity contribution < 1.29 is 28.5 Å². The Hall–Kier alpha value is -4.05. The summed E-state index contributed by atoms with van der Waals surface area (Å²) in [7, 11) is 3.08. The number of ether oxygens (including phenoxy) is 5. The van der Waals surface area contributed by atoms with Crippen LogP contribution in [0.15, 0.2) is 57.5 Å². The molecule has 0 aliphatic carbocycles. The zero-order chi connectivity index (χ0) is 25.4. The van der Waals surface area contributed by atoms with Crippen molar-refractivity contribution in [2.45, 2.75) is 19.9 Å². The first-order valence-corrected chi connectivity index (χ1v) is 12.1. The van der Waals surface area contributed by atoms with Gasteiger partial charge < -0.3 is 23.7 Å². The number of esters is 1. The van der Waals surface area contributed by atoms with Crippen molar-refractivity contribution in [3.05, 3.63) is 78.5 Å². The standard InChI is InChI=1S/C26H24N2O7S/c1-5-33-25(30)22-14(2)27-26-28(23(22)16-7-9-17(31-3)19(12-16)32-4)24(29)21(36-26)11-15-6-8-18-20(10-15)35-13-34-18/h6-12,23H,5,13H2,1-4H3/b21-11-/t23-/m1/s1. The van der Waals surface area contributed by atoms with Crippen molar-refractivity contribution in [1.82, 2.24) is 4.57 Å². The fourth-order valence-corrected chi connectivity index (χ4v) is 5.33. The van der Waals surface area contributed by atoms with Crippen LogP contribution in [0.1, 0.15) is 31.0 Å². The lowest BCUT2D eigenvalue weighted by atomic mass is 9.95. The molecule has 2 aliphatic rings. The van der Waals surface area contributed by atoms with Gasteiger partial charge in [0, 0.05) is 0 Å². The Balaban J connectivity index is 1.70. The van der Waals surface area contributed by atoms with Crippen LogP contribution >= 0.6 is 11.3 Å². The van der Waals surface area contributed by atoms with Crippen LogP contribution in [0, 0.1) is 0 Å². The van der Waals surface area contributed by atoms with Crippen molar-refractivity contribution in [2.24, 2.45) is 4.99 Å². The fourth-order valence-electron chi connectivity index (χ4n) is 4.28. The molecule has 3 heterocycles. The summed E-state index contributed by atoms with van der Waals surface area (Å²) in [6, 6.07) is 10.0. The maximum absolute atomic E-state index is 13.7. The second-order valence-corrected chi connectivity index (χ2v) is 9.04. The molecule has 1 aromatic heterocycles. The van der Waals surface area contributed by atoms with E-state index in [0.717, 1.165) is 5.56 Å². The number of rotatable bonds is 6. The number of aromatic nitrogens is 1. The lowest BCUT2D eigenvalue weighted by Crippen LogP contribution is -2.39. The smallest absolute Gasteiger partial charge is 0.338 e. The van der Waals surface area contributed by atoms with Gasteiger partial charge in [0.1, 0.15) is 0 Å². The Bertz CT molecular complexity index is 1570. The number of fused-ring (bicyclic) bond motifs is 2. The first-order chi connectivity index (χ1) is 17.4. The first kappa shape index (κ1) is 23.7. The zero-order valence-corrected chi connectivity index (χ0v) is 21.0. The predicted molar refractivity (Wildman–Crippen MR) is 133 cm³/mol. The molecular weight excluding hydrogens is 484 g/mol. The third-order valence-electron chi connectivity index (χ3n) is 5.93. The lowest BCUT2D eigenvalue weighted by Gasteiger charge is -2.25. The molecule has 10 heteroatoms. The van der Waals surface area contributed by atoms with Gasteiger partial charge in [0.15, 0.2) is 27.8 Å². The highest BCUT2D eigenvalue weighted by molar-refractivity contribution is 7.07. The highest BCUT2D eigenvalue weighted by Crippen LogP contribution is 2.36. The average molecular weight is 509 g/mol. The molecule has 3 aromatic rings. The molecule has 2 aliphatic heterocycles. The second-order valence-electron chi connectivity index (χ2n) is 8.03. The Morgan fingerprint density at radius 1 is 1.14 bits per heavy atom. The number of thiazole rings is 1. The number of carbonyl (C=O) groups is 1. The fraction of sp³-hybridized carbons (Fsp3) is 0.269. The maximum Gasteiger partial charge on any atom is 0.338 e. The highest BCUT2D eigenvalue weighted by atomic mass is 32.1. The molecule has 0 saturated carbocycles. The summed E-state index contributed by atoms with van der Waals surface area (Å²) in [4.78, 5) is 31.9. The molecule has 0 radical (unpaired) electrons. The number of hydrogen-bond donors (Lipinski definition) is 0. The van der Waals surface area contributed by atoms with Gasteiger partial charge in [-0.15, -0.1) is 0 Å². The number of benzene rings is 2. The Morgan fingerprint density at radius 2 is 1.92 bits per heavy atom. The molecule has 0 unspecified atom stereocenters. The van der Waals surface area contributed by atoms with Crippen molar-refractivity contribution >= 4 is 23.4 Å². The quantitative estimate of drug-likeness (QED) is 0.472. The Labute approximate surface area is 210 Å². The number of methoxy groups -OCH3 is 2. The normalized spacial score (nSPS) is 16.4. The van der Waals surface area contributed by atoms with Gasteiger partial charge in [-0.05, 0) is 55.3 Å². The number of hydrogen-bond acceptors (Lipinski definition) is 9. The summed E-state index contributed by atoms with van der Waals surface area (Å²) < 4.78 is 29.0. The van der Waals surface area contributed by atoms with Gasteiger partial charge in [0.2, 0.25) is 6.79 Å². The second kappa shape index (κ2) is 9.54. The summed E-state index contributed by atoms with van der Waals surface area (Å²) in [5.41, 5.74) is 1.97. The SMILES string of the molecule is CCOC(=O)C1=C(C)N=c2s/c(=C\c3ccc4c(c3)OCO4)c(=O)n2[C@@H]1c1ccc(OC)c(OC)c1. The van der Waals surface area contributed by atoms with Crippen LogP contribution in [0.3, 0.4) is 0 Å². The minimum absolute atomic E-state index is 0.169. The van der Waals surface area contributed by atoms with Gasteiger partial charge in [-0.1, -0.05) is 23.5 Å². The van der Waals surface area contributed by atoms with Crippen molar-refractivity contribution in [3.8, 4) is 23.0 Å². The molecule has 0 bridgehead atoms. The van der Waals surface area contributed by atoms with Crippen LogP contribution in [-0.2, 0) is 9.53 Å². The van der Waals surface area contributed by atoms with Crippen molar-refractivity contribution in [3.63, 3.8) is 0 Å². The van der Waals surface area contributed by atoms with E-state index in [1.165, 1.54) is 23.0 Å². The Morgan fingerprint density at radius 3 is 2.67 bits per heavy atom. The summed E-state index contributed by atoms with van der Waals surface area (Å²) in [5.74, 6) is 1.78. The number of carbonyl (C=O) groups excluding carboxylic acids is 1. The van der Waals surface area contributed by atoms with Crippen molar-refractivity contribution in [1.29, 1.82) is 0 Å². The van der Waals surface area contributed by atoms with Gasteiger partial charge in [0.05, 0.1) is 42.7 Å². The minimum Gasteiger partial charge on any atom is -0.493 e. The van der Waals surface area contributed by atoms with Crippen molar-refractivity contribution in [2.75, 3.05) is 27.6 Å². The zero-order valence-electron chi connectivity index (χ0n) is 20.2. The van der Waals surface area contributed by atoms with Crippen LogP contribution < -0.4 is 33.8 Å². The van der Waals surface area contributed by atoms with E-state index in [9.17, 15) is 9.59 Å².